The van der Waals surface area contributed by atoms with Crippen LogP contribution in [0.15, 0.2) is 48.5 Å². The molecule has 2 rings (SSSR count). The molecule has 2 aromatic rings. The lowest BCUT2D eigenvalue weighted by Crippen LogP contribution is -2.24. The minimum atomic E-state index is -0.575. The van der Waals surface area contributed by atoms with E-state index < -0.39 is 6.10 Å². The molecule has 0 aliphatic heterocycles. The molecule has 0 heterocycles. The average Bonchev–Trinajstić information content (AvgIpc) is 2.48. The highest BCUT2D eigenvalue weighted by molar-refractivity contribution is 5.47. The number of likely N-dealkylation sites (N-methyl/N-ethyl adjacent to an activating group) is 1. The van der Waals surface area contributed by atoms with Crippen molar-refractivity contribution in [1.82, 2.24) is 0 Å². The van der Waals surface area contributed by atoms with Crippen molar-refractivity contribution in [2.24, 2.45) is 0 Å². The monoisotopic (exact) mass is 266 g/mol. The van der Waals surface area contributed by atoms with Gasteiger partial charge in [-0.2, -0.15) is 5.26 Å². The lowest BCUT2D eigenvalue weighted by molar-refractivity contribution is 0.185. The molecule has 3 heteroatoms. The Morgan fingerprint density at radius 2 is 1.70 bits per heavy atom. The number of hydrogen-bond donors (Lipinski definition) is 1. The number of aryl methyl sites for hydroxylation is 1. The van der Waals surface area contributed by atoms with Crippen LogP contribution in [0.25, 0.3) is 0 Å². The zero-order valence-electron chi connectivity index (χ0n) is 11.7. The fraction of sp³-hybridized carbons (Fsp3) is 0.235. The summed E-state index contributed by atoms with van der Waals surface area (Å²) in [5, 5.41) is 19.0. The number of nitrogens with zero attached hydrogens (tertiary/aromatic N) is 2. The van der Waals surface area contributed by atoms with Crippen LogP contribution in [0.4, 0.5) is 5.69 Å². The van der Waals surface area contributed by atoms with E-state index in [0.29, 0.717) is 12.1 Å². The number of anilines is 1. The molecule has 0 aliphatic rings. The van der Waals surface area contributed by atoms with Crippen LogP contribution >= 0.6 is 0 Å². The third-order valence-electron chi connectivity index (χ3n) is 3.35. The van der Waals surface area contributed by atoms with Gasteiger partial charge < -0.3 is 10.0 Å². The van der Waals surface area contributed by atoms with Gasteiger partial charge in [-0.15, -0.1) is 0 Å². The zero-order valence-corrected chi connectivity index (χ0v) is 11.7. The summed E-state index contributed by atoms with van der Waals surface area (Å²) in [6, 6.07) is 17.3. The summed E-state index contributed by atoms with van der Waals surface area (Å²) in [5.41, 5.74) is 3.72. The van der Waals surface area contributed by atoms with Crippen molar-refractivity contribution in [3.63, 3.8) is 0 Å². The number of benzene rings is 2. The van der Waals surface area contributed by atoms with E-state index in [1.54, 1.807) is 24.3 Å². The first kappa shape index (κ1) is 14.1. The summed E-state index contributed by atoms with van der Waals surface area (Å²) in [5.74, 6) is 0. The van der Waals surface area contributed by atoms with Crippen LogP contribution in [0.5, 0.6) is 0 Å². The third-order valence-corrected chi connectivity index (χ3v) is 3.35. The van der Waals surface area contributed by atoms with Gasteiger partial charge in [-0.3, -0.25) is 0 Å². The fourth-order valence-corrected chi connectivity index (χ4v) is 2.05. The summed E-state index contributed by atoms with van der Waals surface area (Å²) >= 11 is 0. The van der Waals surface area contributed by atoms with Crippen LogP contribution in [-0.4, -0.2) is 18.7 Å². The van der Waals surface area contributed by atoms with Gasteiger partial charge >= 0.3 is 0 Å². The minimum Gasteiger partial charge on any atom is -0.387 e. The predicted molar refractivity (Wildman–Crippen MR) is 80.6 cm³/mol. The van der Waals surface area contributed by atoms with Gasteiger partial charge in [0, 0.05) is 19.3 Å². The quantitative estimate of drug-likeness (QED) is 0.925. The Hall–Kier alpha value is -2.31. The molecule has 20 heavy (non-hydrogen) atoms. The number of rotatable bonds is 4. The number of nitriles is 1. The van der Waals surface area contributed by atoms with E-state index in [1.807, 2.05) is 24.1 Å². The van der Waals surface area contributed by atoms with Crippen LogP contribution in [0.1, 0.15) is 22.8 Å². The second kappa shape index (κ2) is 6.23. The van der Waals surface area contributed by atoms with E-state index in [1.165, 1.54) is 5.56 Å². The molecule has 1 unspecified atom stereocenters. The molecule has 3 nitrogen and oxygen atoms in total. The molecular weight excluding hydrogens is 248 g/mol. The first-order chi connectivity index (χ1) is 9.60. The van der Waals surface area contributed by atoms with Gasteiger partial charge in [0.15, 0.2) is 0 Å². The normalized spacial score (nSPS) is 11.7. The van der Waals surface area contributed by atoms with Crippen molar-refractivity contribution in [2.75, 3.05) is 18.5 Å². The maximum atomic E-state index is 10.2. The number of hydrogen-bond acceptors (Lipinski definition) is 3. The number of aliphatic hydroxyl groups excluding tert-OH is 1. The van der Waals surface area contributed by atoms with E-state index in [0.717, 1.165) is 11.3 Å². The van der Waals surface area contributed by atoms with E-state index in [4.69, 9.17) is 5.26 Å². The summed E-state index contributed by atoms with van der Waals surface area (Å²) < 4.78 is 0. The van der Waals surface area contributed by atoms with Crippen LogP contribution in [0.3, 0.4) is 0 Å². The number of aliphatic hydroxyl groups is 1. The molecule has 2 aromatic carbocycles. The van der Waals surface area contributed by atoms with Crippen molar-refractivity contribution in [2.45, 2.75) is 13.0 Å². The molecular formula is C17H18N2O. The Kier molecular flexibility index (Phi) is 4.39. The lowest BCUT2D eigenvalue weighted by atomic mass is 10.1. The summed E-state index contributed by atoms with van der Waals surface area (Å²) in [6.07, 6.45) is -0.575. The van der Waals surface area contributed by atoms with Crippen LogP contribution in [0.2, 0.25) is 0 Å². The lowest BCUT2D eigenvalue weighted by Gasteiger charge is -2.23. The van der Waals surface area contributed by atoms with E-state index in [-0.39, 0.29) is 0 Å². The topological polar surface area (TPSA) is 47.3 Å². The Morgan fingerprint density at radius 1 is 1.10 bits per heavy atom. The Bertz CT molecular complexity index is 596. The largest absolute Gasteiger partial charge is 0.387 e. The van der Waals surface area contributed by atoms with Gasteiger partial charge in [0.05, 0.1) is 17.7 Å². The molecule has 0 saturated heterocycles. The fourth-order valence-electron chi connectivity index (χ4n) is 2.05. The predicted octanol–water partition coefficient (Wildman–Crippen LogP) is 3.04. The SMILES string of the molecule is Cc1ccc(N(C)CC(O)c2ccc(C#N)cc2)cc1. The third kappa shape index (κ3) is 3.37. The molecule has 0 spiro atoms. The maximum Gasteiger partial charge on any atom is 0.0991 e. The Balaban J connectivity index is 2.04. The smallest absolute Gasteiger partial charge is 0.0991 e. The van der Waals surface area contributed by atoms with E-state index in [9.17, 15) is 5.11 Å². The first-order valence-electron chi connectivity index (χ1n) is 6.56. The average molecular weight is 266 g/mol. The zero-order chi connectivity index (χ0) is 14.5. The van der Waals surface area contributed by atoms with Crippen LogP contribution in [-0.2, 0) is 0 Å². The highest BCUT2D eigenvalue weighted by Crippen LogP contribution is 2.19. The standard InChI is InChI=1S/C17H18N2O/c1-13-3-9-16(10-4-13)19(2)12-17(20)15-7-5-14(11-18)6-8-15/h3-10,17,20H,12H2,1-2H3. The molecule has 0 saturated carbocycles. The Morgan fingerprint density at radius 3 is 2.25 bits per heavy atom. The van der Waals surface area contributed by atoms with Gasteiger partial charge in [0.2, 0.25) is 0 Å². The molecule has 0 fully saturated rings. The van der Waals surface area contributed by atoms with Gasteiger partial charge in [-0.25, -0.2) is 0 Å². The summed E-state index contributed by atoms with van der Waals surface area (Å²) in [4.78, 5) is 2.02. The minimum absolute atomic E-state index is 0.509. The van der Waals surface area contributed by atoms with Crippen molar-refractivity contribution in [1.29, 1.82) is 5.26 Å². The second-order valence-corrected chi connectivity index (χ2v) is 4.97. The highest BCUT2D eigenvalue weighted by atomic mass is 16.3. The Labute approximate surface area is 119 Å². The van der Waals surface area contributed by atoms with Crippen molar-refractivity contribution < 1.29 is 5.11 Å². The van der Waals surface area contributed by atoms with Gasteiger partial charge in [0.1, 0.15) is 0 Å². The van der Waals surface area contributed by atoms with Gasteiger partial charge in [0.25, 0.3) is 0 Å². The summed E-state index contributed by atoms with van der Waals surface area (Å²) in [6.45, 7) is 2.56. The van der Waals surface area contributed by atoms with Crippen LogP contribution < -0.4 is 4.90 Å². The maximum absolute atomic E-state index is 10.2. The van der Waals surface area contributed by atoms with E-state index in [2.05, 4.69) is 25.1 Å². The molecule has 102 valence electrons. The molecule has 0 radical (unpaired) electrons. The van der Waals surface area contributed by atoms with Crippen LogP contribution in [0, 0.1) is 18.3 Å². The first-order valence-corrected chi connectivity index (χ1v) is 6.56. The molecule has 0 aromatic heterocycles. The molecule has 1 atom stereocenters. The second-order valence-electron chi connectivity index (χ2n) is 4.97. The van der Waals surface area contributed by atoms with E-state index >= 15 is 0 Å². The molecule has 0 bridgehead atoms. The van der Waals surface area contributed by atoms with Crippen molar-refractivity contribution in [3.8, 4) is 6.07 Å². The van der Waals surface area contributed by atoms with Crippen molar-refractivity contribution >= 4 is 5.69 Å². The summed E-state index contributed by atoms with van der Waals surface area (Å²) in [7, 11) is 1.96. The molecule has 0 aliphatic carbocycles. The van der Waals surface area contributed by atoms with Gasteiger partial charge in [-0.1, -0.05) is 29.8 Å². The van der Waals surface area contributed by atoms with Crippen molar-refractivity contribution in [3.05, 3.63) is 65.2 Å². The van der Waals surface area contributed by atoms with Gasteiger partial charge in [-0.05, 0) is 36.8 Å². The highest BCUT2D eigenvalue weighted by Gasteiger charge is 2.11. The molecule has 1 N–H and O–H groups in total. The molecule has 0 amide bonds.